The van der Waals surface area contributed by atoms with Gasteiger partial charge in [0, 0.05) is 5.56 Å². The van der Waals surface area contributed by atoms with Gasteiger partial charge in [-0.2, -0.15) is 0 Å². The zero-order chi connectivity index (χ0) is 17.1. The van der Waals surface area contributed by atoms with E-state index in [1.807, 2.05) is 6.92 Å². The molecule has 0 fully saturated rings. The van der Waals surface area contributed by atoms with E-state index in [2.05, 4.69) is 0 Å². The summed E-state index contributed by atoms with van der Waals surface area (Å²) in [6.45, 7) is 1.97. The lowest BCUT2D eigenvalue weighted by Gasteiger charge is -2.07. The Kier molecular flexibility index (Phi) is 4.33. The number of carboxylic acids is 1. The normalized spacial score (nSPS) is 11.4. The third-order valence-corrected chi connectivity index (χ3v) is 3.70. The smallest absolute Gasteiger partial charge is 0.335 e. The van der Waals surface area contributed by atoms with Crippen LogP contribution in [0.5, 0.6) is 0 Å². The maximum Gasteiger partial charge on any atom is 0.335 e. The van der Waals surface area contributed by atoms with Crippen molar-refractivity contribution >= 4 is 29.1 Å². The van der Waals surface area contributed by atoms with Gasteiger partial charge in [-0.1, -0.05) is 13.3 Å². The van der Waals surface area contributed by atoms with Crippen LogP contribution in [0.2, 0.25) is 0 Å². The zero-order valence-electron chi connectivity index (χ0n) is 13.1. The minimum atomic E-state index is -1.07. The van der Waals surface area contributed by atoms with Gasteiger partial charge < -0.3 is 13.9 Å². The van der Waals surface area contributed by atoms with Gasteiger partial charge >= 0.3 is 5.97 Å². The topological polar surface area (TPSA) is 80.7 Å². The van der Waals surface area contributed by atoms with Gasteiger partial charge in [-0.25, -0.2) is 4.79 Å². The van der Waals surface area contributed by atoms with Gasteiger partial charge in [0.2, 0.25) is 0 Å². The van der Waals surface area contributed by atoms with Crippen LogP contribution in [0.25, 0.3) is 23.1 Å². The molecule has 2 aromatic heterocycles. The van der Waals surface area contributed by atoms with Crippen LogP contribution in [0, 0.1) is 0 Å². The molecule has 3 aromatic rings. The van der Waals surface area contributed by atoms with Gasteiger partial charge in [-0.15, -0.1) is 0 Å². The fourth-order valence-electron chi connectivity index (χ4n) is 2.55. The van der Waals surface area contributed by atoms with Gasteiger partial charge in [0.05, 0.1) is 17.2 Å². The molecule has 1 aromatic carbocycles. The maximum absolute atomic E-state index is 12.8. The highest BCUT2D eigenvalue weighted by atomic mass is 16.4. The number of carboxylic acid groups (broad SMARTS) is 1. The molecule has 0 amide bonds. The highest BCUT2D eigenvalue weighted by Gasteiger charge is 2.14. The van der Waals surface area contributed by atoms with Crippen molar-refractivity contribution < 1.29 is 18.7 Å². The number of rotatable bonds is 5. The molecule has 0 spiro atoms. The lowest BCUT2D eigenvalue weighted by atomic mass is 10.0. The van der Waals surface area contributed by atoms with Crippen LogP contribution in [0.15, 0.2) is 50.2 Å². The highest BCUT2D eigenvalue weighted by molar-refractivity contribution is 5.93. The van der Waals surface area contributed by atoms with Crippen LogP contribution in [-0.2, 0) is 6.42 Å². The summed E-state index contributed by atoms with van der Waals surface area (Å²) in [6, 6.07) is 7.88. The van der Waals surface area contributed by atoms with Crippen molar-refractivity contribution in [1.82, 2.24) is 0 Å². The molecule has 3 rings (SSSR count). The third kappa shape index (κ3) is 3.01. The Bertz CT molecular complexity index is 961. The van der Waals surface area contributed by atoms with Crippen LogP contribution >= 0.6 is 0 Å². The lowest BCUT2D eigenvalue weighted by molar-refractivity contribution is 0.0697. The second-order valence-electron chi connectivity index (χ2n) is 5.39. The predicted molar refractivity (Wildman–Crippen MR) is 91.1 cm³/mol. The van der Waals surface area contributed by atoms with Gasteiger partial charge in [-0.3, -0.25) is 4.79 Å². The van der Waals surface area contributed by atoms with E-state index in [9.17, 15) is 9.59 Å². The van der Waals surface area contributed by atoms with E-state index >= 15 is 0 Å². The summed E-state index contributed by atoms with van der Waals surface area (Å²) in [5, 5.41) is 9.38. The first-order valence-corrected chi connectivity index (χ1v) is 7.64. The summed E-state index contributed by atoms with van der Waals surface area (Å²) in [4.78, 5) is 23.9. The van der Waals surface area contributed by atoms with Gasteiger partial charge in [0.15, 0.2) is 5.43 Å². The minimum Gasteiger partial charge on any atom is -0.478 e. The second kappa shape index (κ2) is 6.58. The van der Waals surface area contributed by atoms with E-state index in [0.717, 1.165) is 6.42 Å². The Morgan fingerprint density at radius 1 is 1.25 bits per heavy atom. The lowest BCUT2D eigenvalue weighted by Crippen LogP contribution is -2.12. The van der Waals surface area contributed by atoms with Crippen molar-refractivity contribution in [3.63, 3.8) is 0 Å². The maximum atomic E-state index is 12.8. The van der Waals surface area contributed by atoms with Gasteiger partial charge in [0.1, 0.15) is 17.1 Å². The van der Waals surface area contributed by atoms with Crippen molar-refractivity contribution in [3.8, 4) is 0 Å². The molecule has 0 bridgehead atoms. The minimum absolute atomic E-state index is 0.0659. The molecular weight excluding hydrogens is 308 g/mol. The molecule has 122 valence electrons. The number of furan rings is 1. The number of fused-ring (bicyclic) bond motifs is 1. The number of hydrogen-bond acceptors (Lipinski definition) is 4. The van der Waals surface area contributed by atoms with Crippen molar-refractivity contribution in [2.45, 2.75) is 19.8 Å². The van der Waals surface area contributed by atoms with Crippen LogP contribution in [0.4, 0.5) is 0 Å². The van der Waals surface area contributed by atoms with Crippen LogP contribution in [-0.4, -0.2) is 11.1 Å². The Labute approximate surface area is 137 Å². The van der Waals surface area contributed by atoms with Crippen molar-refractivity contribution in [3.05, 3.63) is 69.5 Å². The predicted octanol–water partition coefficient (Wildman–Crippen LogP) is 4.21. The molecule has 0 unspecified atom stereocenters. The molecule has 0 atom stereocenters. The first kappa shape index (κ1) is 15.8. The molecule has 0 saturated carbocycles. The number of carbonyl (C=O) groups is 1. The molecule has 0 aliphatic rings. The van der Waals surface area contributed by atoms with Crippen molar-refractivity contribution in [2.75, 3.05) is 0 Å². The fourth-order valence-corrected chi connectivity index (χ4v) is 2.55. The molecule has 0 radical (unpaired) electrons. The van der Waals surface area contributed by atoms with Crippen LogP contribution in [0.1, 0.15) is 40.8 Å². The monoisotopic (exact) mass is 324 g/mol. The Balaban J connectivity index is 2.18. The molecule has 5 nitrogen and oxygen atoms in total. The van der Waals surface area contributed by atoms with E-state index in [-0.39, 0.29) is 16.4 Å². The SMILES string of the molecule is CCCc1c(C=Cc2ccco2)oc2ccc(C(=O)O)cc2c1=O. The Morgan fingerprint density at radius 3 is 2.75 bits per heavy atom. The Hall–Kier alpha value is -3.08. The van der Waals surface area contributed by atoms with Gasteiger partial charge in [0.25, 0.3) is 0 Å². The number of hydrogen-bond donors (Lipinski definition) is 1. The quantitative estimate of drug-likeness (QED) is 0.760. The van der Waals surface area contributed by atoms with E-state index in [1.54, 1.807) is 30.5 Å². The van der Waals surface area contributed by atoms with Crippen molar-refractivity contribution in [2.24, 2.45) is 0 Å². The van der Waals surface area contributed by atoms with Gasteiger partial charge in [-0.05, 0) is 48.9 Å². The average molecular weight is 324 g/mol. The summed E-state index contributed by atoms with van der Waals surface area (Å²) in [6.07, 6.45) is 6.32. The third-order valence-electron chi connectivity index (χ3n) is 3.70. The standard InChI is InChI=1S/C19H16O5/c1-2-4-14-16(9-7-13-5-3-10-23-13)24-17-8-6-12(19(21)22)11-15(17)18(14)20/h3,5-11H,2,4H2,1H3,(H,21,22). The summed E-state index contributed by atoms with van der Waals surface area (Å²) >= 11 is 0. The fraction of sp³-hybridized carbons (Fsp3) is 0.158. The first-order chi connectivity index (χ1) is 11.6. The molecule has 1 N–H and O–H groups in total. The van der Waals surface area contributed by atoms with E-state index in [4.69, 9.17) is 13.9 Å². The van der Waals surface area contributed by atoms with E-state index in [1.165, 1.54) is 18.2 Å². The van der Waals surface area contributed by atoms with E-state index in [0.29, 0.717) is 29.1 Å². The summed E-state index contributed by atoms with van der Waals surface area (Å²) in [5.41, 5.74) is 0.774. The van der Waals surface area contributed by atoms with Crippen LogP contribution < -0.4 is 5.43 Å². The molecular formula is C19H16O5. The first-order valence-electron chi connectivity index (χ1n) is 7.64. The number of aromatic carboxylic acids is 1. The van der Waals surface area contributed by atoms with Crippen LogP contribution in [0.3, 0.4) is 0 Å². The molecule has 0 aliphatic heterocycles. The average Bonchev–Trinajstić information content (AvgIpc) is 3.09. The largest absolute Gasteiger partial charge is 0.478 e. The summed E-state index contributed by atoms with van der Waals surface area (Å²) in [5.74, 6) is 0.0466. The zero-order valence-corrected chi connectivity index (χ0v) is 13.1. The Morgan fingerprint density at radius 2 is 2.08 bits per heavy atom. The highest BCUT2D eigenvalue weighted by Crippen LogP contribution is 2.20. The number of benzene rings is 1. The van der Waals surface area contributed by atoms with Crippen molar-refractivity contribution in [1.29, 1.82) is 0 Å². The second-order valence-corrected chi connectivity index (χ2v) is 5.39. The molecule has 0 aliphatic carbocycles. The summed E-state index contributed by atoms with van der Waals surface area (Å²) < 4.78 is 11.1. The summed E-state index contributed by atoms with van der Waals surface area (Å²) in [7, 11) is 0. The molecule has 2 heterocycles. The molecule has 5 heteroatoms. The molecule has 24 heavy (non-hydrogen) atoms. The molecule has 0 saturated heterocycles. The van der Waals surface area contributed by atoms with E-state index < -0.39 is 5.97 Å².